The van der Waals surface area contributed by atoms with Crippen LogP contribution in [0.25, 0.3) is 0 Å². The van der Waals surface area contributed by atoms with Gasteiger partial charge in [-0.05, 0) is 50.1 Å². The Morgan fingerprint density at radius 3 is 2.56 bits per heavy atom. The van der Waals surface area contributed by atoms with Gasteiger partial charge in [-0.3, -0.25) is 19.5 Å². The van der Waals surface area contributed by atoms with Gasteiger partial charge in [0.2, 0.25) is 0 Å². The molecule has 0 saturated carbocycles. The van der Waals surface area contributed by atoms with Crippen LogP contribution in [0.4, 0.5) is 18.9 Å². The van der Waals surface area contributed by atoms with E-state index in [0.29, 0.717) is 47.2 Å². The number of aryl methyl sites for hydroxylation is 1. The molecule has 1 unspecified atom stereocenters. The Morgan fingerprint density at radius 2 is 1.94 bits per heavy atom. The van der Waals surface area contributed by atoms with Crippen LogP contribution >= 0.6 is 11.6 Å². The lowest BCUT2D eigenvalue weighted by Gasteiger charge is -2.41. The summed E-state index contributed by atoms with van der Waals surface area (Å²) in [5.41, 5.74) is 2.50. The molecule has 2 amide bonds. The first-order chi connectivity index (χ1) is 15.9. The maximum absolute atomic E-state index is 14.4. The number of carbonyl (C=O) groups excluding carboxylic acids is 2. The lowest BCUT2D eigenvalue weighted by atomic mass is 10.0. The zero-order chi connectivity index (χ0) is 25.2. The summed E-state index contributed by atoms with van der Waals surface area (Å²) in [6.07, 6.45) is 0.858. The number of piperazine rings is 1. The van der Waals surface area contributed by atoms with Crippen molar-refractivity contribution in [3.8, 4) is 0 Å². The summed E-state index contributed by atoms with van der Waals surface area (Å²) in [6.45, 7) is 7.76. The number of nitrogens with one attached hydrogen (secondary N) is 1. The molecule has 1 fully saturated rings. The van der Waals surface area contributed by atoms with Crippen molar-refractivity contribution in [2.75, 3.05) is 25.0 Å². The van der Waals surface area contributed by atoms with Gasteiger partial charge in [-0.15, -0.1) is 0 Å². The minimum absolute atomic E-state index is 0.161. The van der Waals surface area contributed by atoms with Crippen molar-refractivity contribution in [2.24, 2.45) is 0 Å². The van der Waals surface area contributed by atoms with Gasteiger partial charge in [-0.25, -0.2) is 4.39 Å². The van der Waals surface area contributed by atoms with Crippen molar-refractivity contribution in [3.63, 3.8) is 0 Å². The first-order valence-electron chi connectivity index (χ1n) is 11.1. The second-order valence-electron chi connectivity index (χ2n) is 8.62. The number of rotatable bonds is 6. The van der Waals surface area contributed by atoms with E-state index in [1.54, 1.807) is 20.8 Å². The van der Waals surface area contributed by atoms with Crippen LogP contribution in [0.1, 0.15) is 47.4 Å². The van der Waals surface area contributed by atoms with Crippen molar-refractivity contribution in [1.82, 2.24) is 14.8 Å². The molecule has 1 aromatic carbocycles. The van der Waals surface area contributed by atoms with E-state index < -0.39 is 36.0 Å². The maximum Gasteiger partial charge on any atom is 0.324 e. The molecule has 184 valence electrons. The SMILES string of the molecule is CCC(F)(F)C(=O)N1CCN(Cc2cc(F)cc(NC(=O)c3cnc(C)c(Cl)c3)c2C)CC1C. The molecular formula is C24H28ClF3N4O2. The molecule has 1 atom stereocenters. The van der Waals surface area contributed by atoms with E-state index in [9.17, 15) is 22.8 Å². The second-order valence-corrected chi connectivity index (χ2v) is 9.03. The summed E-state index contributed by atoms with van der Waals surface area (Å²) >= 11 is 6.05. The van der Waals surface area contributed by atoms with Crippen molar-refractivity contribution in [2.45, 2.75) is 52.6 Å². The predicted octanol–water partition coefficient (Wildman–Crippen LogP) is 4.82. The van der Waals surface area contributed by atoms with Crippen LogP contribution in [-0.4, -0.2) is 58.2 Å². The molecule has 0 radical (unpaired) electrons. The maximum atomic E-state index is 14.4. The van der Waals surface area contributed by atoms with Gasteiger partial charge in [0.25, 0.3) is 11.8 Å². The van der Waals surface area contributed by atoms with E-state index >= 15 is 0 Å². The van der Waals surface area contributed by atoms with Crippen molar-refractivity contribution >= 4 is 29.1 Å². The highest BCUT2D eigenvalue weighted by atomic mass is 35.5. The molecule has 3 rings (SSSR count). The summed E-state index contributed by atoms with van der Waals surface area (Å²) in [7, 11) is 0. The number of anilines is 1. The van der Waals surface area contributed by atoms with Crippen LogP contribution in [0.2, 0.25) is 5.02 Å². The number of nitrogens with zero attached hydrogens (tertiary/aromatic N) is 3. The van der Waals surface area contributed by atoms with Gasteiger partial charge in [-0.2, -0.15) is 8.78 Å². The highest BCUT2D eigenvalue weighted by molar-refractivity contribution is 6.31. The molecule has 0 spiro atoms. The molecule has 6 nitrogen and oxygen atoms in total. The number of amides is 2. The van der Waals surface area contributed by atoms with Gasteiger partial charge in [0.15, 0.2) is 0 Å². The molecule has 1 aliphatic heterocycles. The molecule has 34 heavy (non-hydrogen) atoms. The molecule has 1 N–H and O–H groups in total. The van der Waals surface area contributed by atoms with E-state index in [1.165, 1.54) is 36.2 Å². The Hall–Kier alpha value is -2.65. The van der Waals surface area contributed by atoms with Crippen LogP contribution in [0.3, 0.4) is 0 Å². The summed E-state index contributed by atoms with van der Waals surface area (Å²) in [5.74, 6) is -5.51. The van der Waals surface area contributed by atoms with Crippen LogP contribution in [-0.2, 0) is 11.3 Å². The van der Waals surface area contributed by atoms with Crippen molar-refractivity contribution in [3.05, 3.63) is 57.6 Å². The van der Waals surface area contributed by atoms with E-state index in [2.05, 4.69) is 10.3 Å². The minimum atomic E-state index is -3.38. The third kappa shape index (κ3) is 5.70. The lowest BCUT2D eigenvalue weighted by molar-refractivity contribution is -0.162. The van der Waals surface area contributed by atoms with Crippen molar-refractivity contribution < 1.29 is 22.8 Å². The lowest BCUT2D eigenvalue weighted by Crippen LogP contribution is -2.57. The van der Waals surface area contributed by atoms with Gasteiger partial charge >= 0.3 is 5.92 Å². The van der Waals surface area contributed by atoms with Gasteiger partial charge in [0.05, 0.1) is 16.3 Å². The van der Waals surface area contributed by atoms with E-state index in [4.69, 9.17) is 11.6 Å². The molecule has 10 heteroatoms. The van der Waals surface area contributed by atoms with Gasteiger partial charge in [-0.1, -0.05) is 18.5 Å². The number of hydrogen-bond donors (Lipinski definition) is 1. The third-order valence-electron chi connectivity index (χ3n) is 6.14. The first-order valence-corrected chi connectivity index (χ1v) is 11.4. The summed E-state index contributed by atoms with van der Waals surface area (Å²) in [5, 5.41) is 3.07. The Morgan fingerprint density at radius 1 is 1.24 bits per heavy atom. The first kappa shape index (κ1) is 26.0. The number of aromatic nitrogens is 1. The third-order valence-corrected chi connectivity index (χ3v) is 6.52. The zero-order valence-corrected chi connectivity index (χ0v) is 20.3. The zero-order valence-electron chi connectivity index (χ0n) is 19.6. The molecule has 2 aromatic rings. The molecular weight excluding hydrogens is 469 g/mol. The summed E-state index contributed by atoms with van der Waals surface area (Å²) in [4.78, 5) is 32.1. The number of alkyl halides is 2. The van der Waals surface area contributed by atoms with Gasteiger partial charge in [0.1, 0.15) is 5.82 Å². The predicted molar refractivity (Wildman–Crippen MR) is 125 cm³/mol. The fourth-order valence-corrected chi connectivity index (χ4v) is 4.10. The van der Waals surface area contributed by atoms with Crippen LogP contribution in [0.15, 0.2) is 24.4 Å². The minimum Gasteiger partial charge on any atom is -0.332 e. The standard InChI is InChI=1S/C24H28ClF3N4O2/c1-5-24(27,28)23(34)32-7-6-31(12-14(32)2)13-18-8-19(26)10-21(15(18)3)30-22(33)17-9-20(25)16(4)29-11-17/h8-11,14H,5-7,12-13H2,1-4H3,(H,30,33). The Balaban J connectivity index is 1.72. The number of pyridine rings is 1. The average molecular weight is 497 g/mol. The van der Waals surface area contributed by atoms with Crippen LogP contribution in [0.5, 0.6) is 0 Å². The number of carbonyl (C=O) groups is 2. The Bertz CT molecular complexity index is 1100. The quantitative estimate of drug-likeness (QED) is 0.622. The number of hydrogen-bond acceptors (Lipinski definition) is 4. The van der Waals surface area contributed by atoms with Gasteiger partial charge < -0.3 is 10.2 Å². The van der Waals surface area contributed by atoms with Gasteiger partial charge in [0, 0.05) is 50.5 Å². The van der Waals surface area contributed by atoms with Crippen molar-refractivity contribution in [1.29, 1.82) is 0 Å². The fraction of sp³-hybridized carbons (Fsp3) is 0.458. The smallest absolute Gasteiger partial charge is 0.324 e. The van der Waals surface area contributed by atoms with Crippen LogP contribution < -0.4 is 5.32 Å². The average Bonchev–Trinajstić information content (AvgIpc) is 2.78. The number of halogens is 4. The normalized spacial score (nSPS) is 17.1. The fourth-order valence-electron chi connectivity index (χ4n) is 3.94. The molecule has 0 bridgehead atoms. The topological polar surface area (TPSA) is 65.5 Å². The molecule has 2 heterocycles. The Labute approximate surface area is 202 Å². The Kier molecular flexibility index (Phi) is 7.88. The monoisotopic (exact) mass is 496 g/mol. The van der Waals surface area contributed by atoms with E-state index in [-0.39, 0.29) is 12.1 Å². The van der Waals surface area contributed by atoms with E-state index in [0.717, 1.165) is 0 Å². The van der Waals surface area contributed by atoms with Crippen LogP contribution in [0, 0.1) is 19.7 Å². The molecule has 0 aliphatic carbocycles. The summed E-state index contributed by atoms with van der Waals surface area (Å²) < 4.78 is 42.1. The molecule has 1 saturated heterocycles. The highest BCUT2D eigenvalue weighted by Crippen LogP contribution is 2.27. The second kappa shape index (κ2) is 10.3. The molecule has 1 aromatic heterocycles. The largest absolute Gasteiger partial charge is 0.332 e. The van der Waals surface area contributed by atoms with E-state index in [1.807, 2.05) is 4.90 Å². The number of benzene rings is 1. The molecule has 1 aliphatic rings. The highest BCUT2D eigenvalue weighted by Gasteiger charge is 2.42. The summed E-state index contributed by atoms with van der Waals surface area (Å²) in [6, 6.07) is 3.72.